The summed E-state index contributed by atoms with van der Waals surface area (Å²) in [6, 6.07) is 7.66. The average Bonchev–Trinajstić information content (AvgIpc) is 3.18. The Kier molecular flexibility index (Phi) is 3.14. The largest absolute Gasteiger partial charge is 0.350 e. The Labute approximate surface area is 127 Å². The van der Waals surface area contributed by atoms with Crippen LogP contribution in [0.15, 0.2) is 36.7 Å². The molecule has 0 bridgehead atoms. The number of amides is 1. The maximum Gasteiger partial charge on any atom is 0.272 e. The van der Waals surface area contributed by atoms with Crippen molar-refractivity contribution >= 4 is 16.8 Å². The number of aromatic nitrogens is 4. The minimum atomic E-state index is -0.119. The first-order chi connectivity index (χ1) is 10.8. The van der Waals surface area contributed by atoms with Gasteiger partial charge in [-0.3, -0.25) is 9.89 Å². The lowest BCUT2D eigenvalue weighted by atomic mass is 9.98. The van der Waals surface area contributed by atoms with E-state index in [4.69, 9.17) is 0 Å². The maximum atomic E-state index is 12.3. The first-order valence-corrected chi connectivity index (χ1v) is 7.52. The van der Waals surface area contributed by atoms with Crippen molar-refractivity contribution in [1.82, 2.24) is 25.1 Å². The molecule has 1 aromatic carbocycles. The Morgan fingerprint density at radius 3 is 3.27 bits per heavy atom. The molecular formula is C16H17N5O. The molecule has 1 aliphatic rings. The van der Waals surface area contributed by atoms with Gasteiger partial charge in [-0.1, -0.05) is 18.2 Å². The van der Waals surface area contributed by atoms with E-state index in [0.717, 1.165) is 36.1 Å². The summed E-state index contributed by atoms with van der Waals surface area (Å²) in [7, 11) is 0. The molecule has 1 amide bonds. The molecule has 0 radical (unpaired) electrons. The molecule has 1 aliphatic heterocycles. The number of nitrogens with one attached hydrogen (secondary N) is 2. The normalized spacial score (nSPS) is 17.4. The predicted octanol–water partition coefficient (Wildman–Crippen LogP) is 1.75. The molecule has 0 aliphatic carbocycles. The zero-order chi connectivity index (χ0) is 14.9. The maximum absolute atomic E-state index is 12.3. The molecule has 4 rings (SSSR count). The van der Waals surface area contributed by atoms with E-state index in [1.807, 2.05) is 36.7 Å². The molecule has 0 saturated heterocycles. The Morgan fingerprint density at radius 1 is 1.41 bits per heavy atom. The number of aryl methyl sites for hydroxylation is 1. The van der Waals surface area contributed by atoms with Crippen molar-refractivity contribution in [3.63, 3.8) is 0 Å². The van der Waals surface area contributed by atoms with Crippen LogP contribution in [0.25, 0.3) is 10.9 Å². The molecule has 0 fully saturated rings. The van der Waals surface area contributed by atoms with Crippen molar-refractivity contribution in [1.29, 1.82) is 0 Å². The minimum Gasteiger partial charge on any atom is -0.350 e. The zero-order valence-electron chi connectivity index (χ0n) is 12.1. The van der Waals surface area contributed by atoms with Crippen molar-refractivity contribution < 1.29 is 4.79 Å². The molecule has 6 nitrogen and oxygen atoms in total. The SMILES string of the molecule is O=C(NC[C@H]1CCn2ccnc2C1)c1n[nH]c2ccccc12. The van der Waals surface area contributed by atoms with Crippen LogP contribution in [0.3, 0.4) is 0 Å². The molecule has 1 atom stereocenters. The summed E-state index contributed by atoms with van der Waals surface area (Å²) in [4.78, 5) is 16.7. The van der Waals surface area contributed by atoms with Crippen molar-refractivity contribution in [2.75, 3.05) is 6.54 Å². The predicted molar refractivity (Wildman–Crippen MR) is 82.5 cm³/mol. The zero-order valence-corrected chi connectivity index (χ0v) is 12.1. The van der Waals surface area contributed by atoms with Gasteiger partial charge in [-0.15, -0.1) is 0 Å². The molecule has 22 heavy (non-hydrogen) atoms. The Balaban J connectivity index is 1.43. The summed E-state index contributed by atoms with van der Waals surface area (Å²) in [5, 5.41) is 10.9. The van der Waals surface area contributed by atoms with E-state index in [2.05, 4.69) is 25.1 Å². The topological polar surface area (TPSA) is 75.6 Å². The van der Waals surface area contributed by atoms with E-state index in [1.165, 1.54) is 0 Å². The van der Waals surface area contributed by atoms with Crippen LogP contribution in [0.2, 0.25) is 0 Å². The number of hydrogen-bond donors (Lipinski definition) is 2. The molecule has 0 spiro atoms. The van der Waals surface area contributed by atoms with Gasteiger partial charge in [0.15, 0.2) is 5.69 Å². The number of aromatic amines is 1. The lowest BCUT2D eigenvalue weighted by Crippen LogP contribution is -2.33. The molecule has 112 valence electrons. The van der Waals surface area contributed by atoms with Gasteiger partial charge in [-0.2, -0.15) is 5.10 Å². The lowest BCUT2D eigenvalue weighted by Gasteiger charge is -2.23. The van der Waals surface area contributed by atoms with E-state index < -0.39 is 0 Å². The van der Waals surface area contributed by atoms with Gasteiger partial charge in [-0.05, 0) is 18.4 Å². The van der Waals surface area contributed by atoms with Crippen LogP contribution in [-0.2, 0) is 13.0 Å². The van der Waals surface area contributed by atoms with E-state index in [1.54, 1.807) is 0 Å². The van der Waals surface area contributed by atoms with Crippen LogP contribution in [-0.4, -0.2) is 32.2 Å². The van der Waals surface area contributed by atoms with Gasteiger partial charge >= 0.3 is 0 Å². The smallest absolute Gasteiger partial charge is 0.272 e. The number of imidazole rings is 1. The van der Waals surface area contributed by atoms with Gasteiger partial charge in [0.1, 0.15) is 5.82 Å². The molecule has 2 N–H and O–H groups in total. The van der Waals surface area contributed by atoms with Crippen LogP contribution in [0.1, 0.15) is 22.7 Å². The van der Waals surface area contributed by atoms with Crippen LogP contribution < -0.4 is 5.32 Å². The summed E-state index contributed by atoms with van der Waals surface area (Å²) in [6.07, 6.45) is 5.83. The number of carbonyl (C=O) groups excluding carboxylic acids is 1. The number of fused-ring (bicyclic) bond motifs is 2. The Morgan fingerprint density at radius 2 is 2.32 bits per heavy atom. The summed E-state index contributed by atoms with van der Waals surface area (Å²) >= 11 is 0. The summed E-state index contributed by atoms with van der Waals surface area (Å²) in [5.74, 6) is 1.42. The highest BCUT2D eigenvalue weighted by Gasteiger charge is 2.21. The number of carbonyl (C=O) groups is 1. The van der Waals surface area contributed by atoms with Crippen LogP contribution >= 0.6 is 0 Å². The fourth-order valence-corrected chi connectivity index (χ4v) is 3.05. The highest BCUT2D eigenvalue weighted by atomic mass is 16.1. The average molecular weight is 295 g/mol. The van der Waals surface area contributed by atoms with E-state index in [-0.39, 0.29) is 5.91 Å². The van der Waals surface area contributed by atoms with Crippen molar-refractivity contribution in [3.8, 4) is 0 Å². The molecule has 3 heterocycles. The van der Waals surface area contributed by atoms with Crippen LogP contribution in [0.5, 0.6) is 0 Å². The molecular weight excluding hydrogens is 278 g/mol. The van der Waals surface area contributed by atoms with Crippen molar-refractivity contribution in [2.45, 2.75) is 19.4 Å². The van der Waals surface area contributed by atoms with Crippen molar-refractivity contribution in [3.05, 3.63) is 48.2 Å². The second-order valence-corrected chi connectivity index (χ2v) is 5.72. The second kappa shape index (κ2) is 5.29. The number of nitrogens with zero attached hydrogens (tertiary/aromatic N) is 3. The Bertz CT molecular complexity index is 819. The fourth-order valence-electron chi connectivity index (χ4n) is 3.05. The summed E-state index contributed by atoms with van der Waals surface area (Å²) in [6.45, 7) is 1.63. The molecule has 2 aromatic heterocycles. The molecule has 6 heteroatoms. The first-order valence-electron chi connectivity index (χ1n) is 7.52. The van der Waals surface area contributed by atoms with E-state index >= 15 is 0 Å². The highest BCUT2D eigenvalue weighted by Crippen LogP contribution is 2.19. The first kappa shape index (κ1) is 13.1. The fraction of sp³-hybridized carbons (Fsp3) is 0.312. The molecule has 3 aromatic rings. The van der Waals surface area contributed by atoms with Crippen molar-refractivity contribution in [2.24, 2.45) is 5.92 Å². The number of rotatable bonds is 3. The third-order valence-electron chi connectivity index (χ3n) is 4.29. The van der Waals surface area contributed by atoms with Crippen LogP contribution in [0, 0.1) is 5.92 Å². The quantitative estimate of drug-likeness (QED) is 0.773. The van der Waals surface area contributed by atoms with Gasteiger partial charge in [0.2, 0.25) is 0 Å². The number of benzene rings is 1. The minimum absolute atomic E-state index is 0.119. The third kappa shape index (κ3) is 2.26. The summed E-state index contributed by atoms with van der Waals surface area (Å²) < 4.78 is 2.18. The van der Waals surface area contributed by atoms with E-state index in [9.17, 15) is 4.79 Å². The third-order valence-corrected chi connectivity index (χ3v) is 4.29. The van der Waals surface area contributed by atoms with E-state index in [0.29, 0.717) is 18.2 Å². The number of hydrogen-bond acceptors (Lipinski definition) is 3. The van der Waals surface area contributed by atoms with Gasteiger partial charge in [-0.25, -0.2) is 4.98 Å². The number of H-pyrrole nitrogens is 1. The molecule has 0 unspecified atom stereocenters. The standard InChI is InChI=1S/C16H17N5O/c22-16(15-12-3-1-2-4-13(12)19-20-15)18-10-11-5-7-21-8-6-17-14(21)9-11/h1-4,6,8,11H,5,7,9-10H2,(H,18,22)(H,19,20)/t11-/m0/s1. The summed E-state index contributed by atoms with van der Waals surface area (Å²) in [5.41, 5.74) is 1.35. The monoisotopic (exact) mass is 295 g/mol. The van der Waals surface area contributed by atoms with Crippen LogP contribution in [0.4, 0.5) is 0 Å². The number of para-hydroxylation sites is 1. The second-order valence-electron chi connectivity index (χ2n) is 5.72. The lowest BCUT2D eigenvalue weighted by molar-refractivity contribution is 0.0941. The van der Waals surface area contributed by atoms with Gasteiger partial charge in [0.25, 0.3) is 5.91 Å². The van der Waals surface area contributed by atoms with Gasteiger partial charge in [0.05, 0.1) is 5.52 Å². The Hall–Kier alpha value is -2.63. The molecule has 0 saturated carbocycles. The highest BCUT2D eigenvalue weighted by molar-refractivity contribution is 6.04. The van der Waals surface area contributed by atoms with Gasteiger partial charge < -0.3 is 9.88 Å². The van der Waals surface area contributed by atoms with Gasteiger partial charge in [0, 0.05) is 37.3 Å².